The molecule has 2 aliphatic rings. The first kappa shape index (κ1) is 18.6. The summed E-state index contributed by atoms with van der Waals surface area (Å²) in [5.74, 6) is 0. The predicted molar refractivity (Wildman–Crippen MR) is 134 cm³/mol. The van der Waals surface area contributed by atoms with Gasteiger partial charge in [-0.25, -0.2) is 0 Å². The molecule has 0 heterocycles. The molecule has 0 aliphatic heterocycles. The van der Waals surface area contributed by atoms with Gasteiger partial charge in [0.2, 0.25) is 0 Å². The van der Waals surface area contributed by atoms with E-state index in [4.69, 9.17) is 0 Å². The van der Waals surface area contributed by atoms with Gasteiger partial charge in [0.1, 0.15) is 0 Å². The number of halogens is 4. The van der Waals surface area contributed by atoms with Crippen molar-refractivity contribution in [3.05, 3.63) is 113 Å². The third kappa shape index (κ3) is 2.29. The Kier molecular flexibility index (Phi) is 4.10. The first-order chi connectivity index (χ1) is 14.0. The van der Waals surface area contributed by atoms with Gasteiger partial charge in [-0.15, -0.1) is 0 Å². The molecule has 0 radical (unpaired) electrons. The van der Waals surface area contributed by atoms with E-state index in [1.165, 1.54) is 44.5 Å². The Morgan fingerprint density at radius 2 is 0.897 bits per heavy atom. The molecule has 0 nitrogen and oxygen atoms in total. The van der Waals surface area contributed by atoms with E-state index in [1.807, 2.05) is 0 Å². The minimum absolute atomic E-state index is 0.337. The van der Waals surface area contributed by atoms with Crippen LogP contribution in [0.1, 0.15) is 22.3 Å². The van der Waals surface area contributed by atoms with Crippen LogP contribution in [0.3, 0.4) is 0 Å². The van der Waals surface area contributed by atoms with Crippen molar-refractivity contribution in [3.63, 3.8) is 0 Å². The average Bonchev–Trinajstić information content (AvgIpc) is 3.15. The Morgan fingerprint density at radius 3 is 1.34 bits per heavy atom. The van der Waals surface area contributed by atoms with Gasteiger partial charge in [0, 0.05) is 29.0 Å². The van der Waals surface area contributed by atoms with Crippen LogP contribution in [-0.4, -0.2) is 0 Å². The number of hydrogen-bond donors (Lipinski definition) is 0. The van der Waals surface area contributed by atoms with Gasteiger partial charge >= 0.3 is 0 Å². The number of benzene rings is 4. The number of rotatable bonds is 0. The molecule has 1 spiro atoms. The second kappa shape index (κ2) is 6.40. The molecule has 140 valence electrons. The fourth-order valence-corrected chi connectivity index (χ4v) is 8.09. The van der Waals surface area contributed by atoms with Gasteiger partial charge < -0.3 is 0 Å². The van der Waals surface area contributed by atoms with Crippen LogP contribution < -0.4 is 0 Å². The molecule has 0 saturated carbocycles. The highest BCUT2D eigenvalue weighted by Gasteiger charge is 2.52. The van der Waals surface area contributed by atoms with Crippen LogP contribution >= 0.6 is 63.7 Å². The van der Waals surface area contributed by atoms with Crippen LogP contribution in [0.4, 0.5) is 0 Å². The first-order valence-electron chi connectivity index (χ1n) is 9.22. The second-order valence-corrected chi connectivity index (χ2v) is 11.0. The highest BCUT2D eigenvalue weighted by atomic mass is 79.9. The third-order valence-electron chi connectivity index (χ3n) is 6.12. The van der Waals surface area contributed by atoms with E-state index in [-0.39, 0.29) is 5.41 Å². The molecule has 0 N–H and O–H groups in total. The van der Waals surface area contributed by atoms with E-state index in [2.05, 4.69) is 137 Å². The third-order valence-corrected chi connectivity index (χ3v) is 8.29. The van der Waals surface area contributed by atoms with Crippen LogP contribution in [0.25, 0.3) is 22.3 Å². The summed E-state index contributed by atoms with van der Waals surface area (Å²) in [5.41, 5.74) is 10.1. The van der Waals surface area contributed by atoms with Crippen molar-refractivity contribution in [1.82, 2.24) is 0 Å². The molecule has 4 aromatic rings. The topological polar surface area (TPSA) is 0 Å². The molecular weight excluding hydrogens is 620 g/mol. The summed E-state index contributed by atoms with van der Waals surface area (Å²) in [4.78, 5) is 0. The monoisotopic (exact) mass is 628 g/mol. The molecule has 0 unspecified atom stereocenters. The Labute approximate surface area is 202 Å². The van der Waals surface area contributed by atoms with E-state index in [0.717, 1.165) is 17.9 Å². The van der Waals surface area contributed by atoms with E-state index in [9.17, 15) is 0 Å². The zero-order valence-electron chi connectivity index (χ0n) is 14.9. The first-order valence-corrected chi connectivity index (χ1v) is 12.4. The summed E-state index contributed by atoms with van der Waals surface area (Å²) in [6, 6.07) is 26.5. The molecule has 4 aromatic carbocycles. The molecule has 0 atom stereocenters. The molecule has 0 amide bonds. The molecular formula is C25H12Br4. The molecule has 6 rings (SSSR count). The summed E-state index contributed by atoms with van der Waals surface area (Å²) in [5, 5.41) is 0. The summed E-state index contributed by atoms with van der Waals surface area (Å²) in [7, 11) is 0. The maximum absolute atomic E-state index is 3.86. The number of hydrogen-bond acceptors (Lipinski definition) is 0. The van der Waals surface area contributed by atoms with Crippen LogP contribution in [-0.2, 0) is 5.41 Å². The lowest BCUT2D eigenvalue weighted by molar-refractivity contribution is 0.792. The summed E-state index contributed by atoms with van der Waals surface area (Å²) < 4.78 is 4.39. The number of fused-ring (bicyclic) bond motifs is 10. The van der Waals surface area contributed by atoms with E-state index >= 15 is 0 Å². The second-order valence-electron chi connectivity index (χ2n) is 7.46. The van der Waals surface area contributed by atoms with Gasteiger partial charge in [0.25, 0.3) is 0 Å². The van der Waals surface area contributed by atoms with Gasteiger partial charge in [-0.05, 0) is 57.6 Å². The minimum atomic E-state index is -0.337. The predicted octanol–water partition coefficient (Wildman–Crippen LogP) is 9.08. The van der Waals surface area contributed by atoms with Gasteiger partial charge in [0.15, 0.2) is 0 Å². The van der Waals surface area contributed by atoms with Crippen LogP contribution in [0.2, 0.25) is 0 Å². The molecule has 0 saturated heterocycles. The zero-order chi connectivity index (χ0) is 19.9. The van der Waals surface area contributed by atoms with Gasteiger partial charge in [-0.2, -0.15) is 0 Å². The van der Waals surface area contributed by atoms with Crippen LogP contribution in [0, 0.1) is 0 Å². The Morgan fingerprint density at radius 1 is 0.483 bits per heavy atom. The lowest BCUT2D eigenvalue weighted by atomic mass is 9.70. The normalized spacial score (nSPS) is 14.5. The summed E-state index contributed by atoms with van der Waals surface area (Å²) in [6.07, 6.45) is 0. The lowest BCUT2D eigenvalue weighted by Crippen LogP contribution is -2.26. The zero-order valence-corrected chi connectivity index (χ0v) is 21.3. The molecule has 0 bridgehead atoms. The quantitative estimate of drug-likeness (QED) is 0.157. The highest BCUT2D eigenvalue weighted by Crippen LogP contribution is 2.65. The van der Waals surface area contributed by atoms with Crippen molar-refractivity contribution < 1.29 is 0 Å². The maximum atomic E-state index is 3.86. The fraction of sp³-hybridized carbons (Fsp3) is 0.0400. The molecule has 4 heteroatoms. The van der Waals surface area contributed by atoms with Crippen molar-refractivity contribution in [2.75, 3.05) is 0 Å². The average molecular weight is 632 g/mol. The van der Waals surface area contributed by atoms with Crippen LogP contribution in [0.5, 0.6) is 0 Å². The van der Waals surface area contributed by atoms with Gasteiger partial charge in [-0.3, -0.25) is 0 Å². The van der Waals surface area contributed by atoms with E-state index in [0.29, 0.717) is 0 Å². The van der Waals surface area contributed by atoms with Crippen molar-refractivity contribution in [2.45, 2.75) is 5.41 Å². The summed E-state index contributed by atoms with van der Waals surface area (Å²) >= 11 is 15.2. The smallest absolute Gasteiger partial charge is 0.0619 e. The Bertz CT molecular complexity index is 1250. The Balaban J connectivity index is 1.91. The van der Waals surface area contributed by atoms with Gasteiger partial charge in [-0.1, -0.05) is 112 Å². The fourth-order valence-electron chi connectivity index (χ4n) is 5.21. The molecule has 0 fully saturated rings. The van der Waals surface area contributed by atoms with Crippen molar-refractivity contribution in [3.8, 4) is 22.3 Å². The van der Waals surface area contributed by atoms with E-state index in [1.54, 1.807) is 0 Å². The summed E-state index contributed by atoms with van der Waals surface area (Å²) in [6.45, 7) is 0. The Hall–Kier alpha value is -1.20. The standard InChI is InChI=1S/C25H12Br4/c26-13-9-19-23(21(28)11-13)15-5-1-3-7-17(15)25(19)18-8-4-2-6-16(18)24-20(25)10-14(27)12-22(24)29/h1-12H. The van der Waals surface area contributed by atoms with Crippen LogP contribution in [0.15, 0.2) is 90.7 Å². The lowest BCUT2D eigenvalue weighted by Gasteiger charge is -2.30. The van der Waals surface area contributed by atoms with Crippen molar-refractivity contribution in [2.24, 2.45) is 0 Å². The van der Waals surface area contributed by atoms with Crippen molar-refractivity contribution in [1.29, 1.82) is 0 Å². The van der Waals surface area contributed by atoms with E-state index < -0.39 is 0 Å². The molecule has 2 aliphatic carbocycles. The molecule has 29 heavy (non-hydrogen) atoms. The maximum Gasteiger partial charge on any atom is 0.0727 e. The molecule has 0 aromatic heterocycles. The largest absolute Gasteiger partial charge is 0.0727 e. The minimum Gasteiger partial charge on any atom is -0.0619 e. The SMILES string of the molecule is Brc1cc(Br)c2c(c1)C1(c3ccccc3-2)c2ccccc2-c2c(Br)cc(Br)cc21. The van der Waals surface area contributed by atoms with Gasteiger partial charge in [0.05, 0.1) is 5.41 Å². The highest BCUT2D eigenvalue weighted by molar-refractivity contribution is 9.11. The van der Waals surface area contributed by atoms with Crippen molar-refractivity contribution >= 4 is 63.7 Å².